The topological polar surface area (TPSA) is 272 Å². The van der Waals surface area contributed by atoms with Crippen molar-refractivity contribution in [2.24, 2.45) is 5.92 Å². The molecule has 11 unspecified atom stereocenters. The summed E-state index contributed by atoms with van der Waals surface area (Å²) in [6.07, 6.45) is -0.734. The molecule has 58 heavy (non-hydrogen) atoms. The standard InChI is InChI=1S/C36H64N11O8P3/c1-20(2)18-27-34(53)44-24(11-15-39-56)31(50)43-26(13-17-41-58)33(52)47-29(21(3)48)36(55)38-14-10-23(37-4)30(49)42-25(12-16-40-57)32(51)46-28(35(54)45-27)19-22-8-6-5-7-9-22/h5-9,20-21,23-29,37,39-41,48H,10-19,56-58H2,1-4H3,(H,38,55)(H,42,49)(H,43,50)(H,44,53)(H,45,54)(H,46,51)(H,47,52). The maximum Gasteiger partial charge on any atom is 0.245 e. The predicted molar refractivity (Wildman–Crippen MR) is 230 cm³/mol. The highest BCUT2D eigenvalue weighted by atomic mass is 31.0. The van der Waals surface area contributed by atoms with Gasteiger partial charge in [-0.25, -0.2) is 0 Å². The molecule has 12 N–H and O–H groups in total. The van der Waals surface area contributed by atoms with E-state index in [1.807, 2.05) is 19.9 Å². The highest BCUT2D eigenvalue weighted by Crippen LogP contribution is 2.11. The Bertz CT molecular complexity index is 1500. The normalized spacial score (nSPS) is 25.7. The number of carbonyl (C=O) groups is 7. The molecule has 11 atom stereocenters. The Hall–Kier alpha value is -3.40. The number of likely N-dealkylation sites (N-methyl/N-ethyl adjacent to an activating group) is 1. The number of aliphatic hydroxyl groups excluding tert-OH is 1. The fourth-order valence-electron chi connectivity index (χ4n) is 6.13. The number of aliphatic hydroxyl groups is 1. The van der Waals surface area contributed by atoms with Crippen LogP contribution in [0.5, 0.6) is 0 Å². The van der Waals surface area contributed by atoms with Gasteiger partial charge in [0.2, 0.25) is 41.4 Å². The molecule has 7 amide bonds. The molecule has 1 aliphatic heterocycles. The van der Waals surface area contributed by atoms with E-state index >= 15 is 0 Å². The van der Waals surface area contributed by atoms with Crippen LogP contribution in [0.15, 0.2) is 30.3 Å². The number of rotatable bonds is 15. The molecular formula is C36H64N11O8P3. The minimum absolute atomic E-state index is 0.0556. The predicted octanol–water partition coefficient (Wildman–Crippen LogP) is -3.02. The molecule has 0 spiro atoms. The first-order chi connectivity index (χ1) is 27.6. The molecule has 1 aromatic rings. The van der Waals surface area contributed by atoms with Gasteiger partial charge < -0.3 is 62.9 Å². The molecule has 0 aliphatic carbocycles. The van der Waals surface area contributed by atoms with Gasteiger partial charge in [-0.15, -0.1) is 0 Å². The van der Waals surface area contributed by atoms with Crippen molar-refractivity contribution in [1.82, 2.24) is 57.8 Å². The van der Waals surface area contributed by atoms with Crippen LogP contribution < -0.4 is 57.8 Å². The zero-order valence-electron chi connectivity index (χ0n) is 33.7. The SMILES string of the molecule is CNC1CCNC(=O)C(C(C)O)NC(=O)C(CCNP)NC(=O)C(CCNP)NC(=O)C(CC(C)C)NC(=O)C(Cc2ccccc2)NC(=O)C(CCNP)NC1=O. The Labute approximate surface area is 348 Å². The molecule has 1 fully saturated rings. The van der Waals surface area contributed by atoms with Gasteiger partial charge in [-0.3, -0.25) is 33.6 Å². The molecule has 22 heteroatoms. The number of carbonyl (C=O) groups excluding carboxylic acids is 7. The maximum absolute atomic E-state index is 14.1. The van der Waals surface area contributed by atoms with Crippen LogP contribution in [-0.2, 0) is 40.0 Å². The Morgan fingerprint density at radius 1 is 0.621 bits per heavy atom. The summed E-state index contributed by atoms with van der Waals surface area (Å²) in [6.45, 7) is 5.82. The number of hydrogen-bond donors (Lipinski definition) is 12. The van der Waals surface area contributed by atoms with Gasteiger partial charge in [-0.05, 0) is 57.6 Å². The second-order valence-electron chi connectivity index (χ2n) is 14.5. The fraction of sp³-hybridized carbons (Fsp3) is 0.639. The Kier molecular flexibility index (Phi) is 24.0. The van der Waals surface area contributed by atoms with Gasteiger partial charge in [0.1, 0.15) is 36.3 Å². The molecule has 1 aliphatic rings. The van der Waals surface area contributed by atoms with E-state index in [0.717, 1.165) is 5.56 Å². The Morgan fingerprint density at radius 3 is 1.52 bits per heavy atom. The van der Waals surface area contributed by atoms with Crippen molar-refractivity contribution in [3.05, 3.63) is 35.9 Å². The average Bonchev–Trinajstić information content (AvgIpc) is 3.18. The highest BCUT2D eigenvalue weighted by molar-refractivity contribution is 7.14. The summed E-state index contributed by atoms with van der Waals surface area (Å²) >= 11 is 0. The van der Waals surface area contributed by atoms with E-state index in [-0.39, 0.29) is 64.1 Å². The van der Waals surface area contributed by atoms with Crippen LogP contribution in [0.2, 0.25) is 0 Å². The van der Waals surface area contributed by atoms with E-state index in [1.165, 1.54) is 6.92 Å². The van der Waals surface area contributed by atoms with Gasteiger partial charge in [0, 0.05) is 32.6 Å². The molecule has 1 saturated heterocycles. The van der Waals surface area contributed by atoms with E-state index in [1.54, 1.807) is 31.3 Å². The summed E-state index contributed by atoms with van der Waals surface area (Å²) in [7, 11) is 8.49. The molecule has 1 aromatic carbocycles. The Balaban J connectivity index is 2.65. The maximum atomic E-state index is 14.1. The van der Waals surface area contributed by atoms with Crippen molar-refractivity contribution >= 4 is 69.5 Å². The third-order valence-electron chi connectivity index (χ3n) is 9.35. The number of nitrogens with one attached hydrogen (secondary N) is 11. The molecule has 0 aromatic heterocycles. The van der Waals surface area contributed by atoms with Crippen molar-refractivity contribution in [1.29, 1.82) is 0 Å². The highest BCUT2D eigenvalue weighted by Gasteiger charge is 2.35. The van der Waals surface area contributed by atoms with E-state index in [2.05, 4.69) is 86.0 Å². The third kappa shape index (κ3) is 17.8. The summed E-state index contributed by atoms with van der Waals surface area (Å²) in [4.78, 5) is 96.4. The first-order valence-corrected chi connectivity index (χ1v) is 21.2. The van der Waals surface area contributed by atoms with Crippen LogP contribution >= 0.6 is 28.2 Å². The summed E-state index contributed by atoms with van der Waals surface area (Å²) in [6, 6.07) is 0.919. The number of amides is 7. The number of benzene rings is 1. The number of hydrogen-bond acceptors (Lipinski definition) is 12. The Morgan fingerprint density at radius 2 is 1.05 bits per heavy atom. The lowest BCUT2D eigenvalue weighted by Crippen LogP contribution is -2.61. The molecule has 1 heterocycles. The summed E-state index contributed by atoms with van der Waals surface area (Å²) in [5, 5.41) is 41.0. The van der Waals surface area contributed by atoms with Gasteiger partial charge in [-0.1, -0.05) is 72.4 Å². The van der Waals surface area contributed by atoms with Crippen molar-refractivity contribution < 1.29 is 38.7 Å². The fourth-order valence-corrected chi connectivity index (χ4v) is 6.63. The largest absolute Gasteiger partial charge is 0.391 e. The zero-order chi connectivity index (χ0) is 43.2. The lowest BCUT2D eigenvalue weighted by atomic mass is 10.00. The van der Waals surface area contributed by atoms with Crippen LogP contribution in [0.3, 0.4) is 0 Å². The minimum Gasteiger partial charge on any atom is -0.391 e. The molecule has 0 radical (unpaired) electrons. The van der Waals surface area contributed by atoms with Crippen molar-refractivity contribution in [2.75, 3.05) is 33.2 Å². The van der Waals surface area contributed by atoms with E-state index in [0.29, 0.717) is 6.54 Å². The average molecular weight is 872 g/mol. The van der Waals surface area contributed by atoms with E-state index < -0.39 is 89.7 Å². The second-order valence-corrected chi connectivity index (χ2v) is 15.7. The van der Waals surface area contributed by atoms with Gasteiger partial charge in [0.05, 0.1) is 12.1 Å². The van der Waals surface area contributed by atoms with E-state index in [4.69, 9.17) is 0 Å². The van der Waals surface area contributed by atoms with Gasteiger partial charge >= 0.3 is 0 Å². The molecule has 0 bridgehead atoms. The van der Waals surface area contributed by atoms with Crippen LogP contribution in [0, 0.1) is 5.92 Å². The zero-order valence-corrected chi connectivity index (χ0v) is 37.2. The van der Waals surface area contributed by atoms with Crippen LogP contribution in [0.25, 0.3) is 0 Å². The van der Waals surface area contributed by atoms with Crippen LogP contribution in [0.1, 0.15) is 58.4 Å². The molecular weight excluding hydrogens is 807 g/mol. The van der Waals surface area contributed by atoms with E-state index in [9.17, 15) is 38.7 Å². The second kappa shape index (κ2) is 27.4. The van der Waals surface area contributed by atoms with Gasteiger partial charge in [0.25, 0.3) is 0 Å². The van der Waals surface area contributed by atoms with Crippen molar-refractivity contribution in [3.8, 4) is 0 Å². The molecule has 326 valence electrons. The van der Waals surface area contributed by atoms with Crippen LogP contribution in [0.4, 0.5) is 0 Å². The first kappa shape index (κ1) is 50.7. The first-order valence-electron chi connectivity index (χ1n) is 19.4. The third-order valence-corrected chi connectivity index (χ3v) is 10.2. The summed E-state index contributed by atoms with van der Waals surface area (Å²) in [5.41, 5.74) is 0.727. The quantitative estimate of drug-likeness (QED) is 0.0787. The molecule has 19 nitrogen and oxygen atoms in total. The lowest BCUT2D eigenvalue weighted by Gasteiger charge is -2.28. The molecule has 2 rings (SSSR count). The van der Waals surface area contributed by atoms with Gasteiger partial charge in [-0.2, -0.15) is 0 Å². The summed E-state index contributed by atoms with van der Waals surface area (Å²) in [5.74, 6) is -4.79. The lowest BCUT2D eigenvalue weighted by molar-refractivity contribution is -0.136. The smallest absolute Gasteiger partial charge is 0.245 e. The monoisotopic (exact) mass is 871 g/mol. The van der Waals surface area contributed by atoms with Gasteiger partial charge in [0.15, 0.2) is 0 Å². The van der Waals surface area contributed by atoms with Crippen LogP contribution in [-0.4, -0.2) is 128 Å². The minimum atomic E-state index is -1.42. The van der Waals surface area contributed by atoms with Crippen molar-refractivity contribution in [2.45, 2.75) is 108 Å². The van der Waals surface area contributed by atoms with Crippen molar-refractivity contribution in [3.63, 3.8) is 0 Å². The summed E-state index contributed by atoms with van der Waals surface area (Å²) < 4.78 is 0. The molecule has 0 saturated carbocycles.